The quantitative estimate of drug-likeness (QED) is 0.475. The van der Waals surface area contributed by atoms with E-state index in [-0.39, 0.29) is 24.8 Å². The van der Waals surface area contributed by atoms with Gasteiger partial charge in [-0.1, -0.05) is 64.0 Å². The molecule has 8 nitrogen and oxygen atoms in total. The van der Waals surface area contributed by atoms with Crippen LogP contribution in [-0.2, 0) is 16.1 Å². The third-order valence-corrected chi connectivity index (χ3v) is 7.31. The van der Waals surface area contributed by atoms with E-state index in [4.69, 9.17) is 4.52 Å². The zero-order chi connectivity index (χ0) is 27.3. The molecule has 0 radical (unpaired) electrons. The molecule has 3 unspecified atom stereocenters. The molecule has 3 aromatic rings. The van der Waals surface area contributed by atoms with Gasteiger partial charge in [-0.2, -0.15) is 0 Å². The highest BCUT2D eigenvalue weighted by molar-refractivity contribution is 7.13. The summed E-state index contributed by atoms with van der Waals surface area (Å²) >= 11 is 1.60. The third-order valence-electron chi connectivity index (χ3n) is 6.34. The van der Waals surface area contributed by atoms with Crippen LogP contribution in [0.1, 0.15) is 69.7 Å². The Bertz CT molecular complexity index is 1200. The summed E-state index contributed by atoms with van der Waals surface area (Å²) in [6.07, 6.45) is -0.554. The van der Waals surface area contributed by atoms with Gasteiger partial charge in [-0.05, 0) is 30.4 Å². The molecule has 2 amide bonds. The highest BCUT2D eigenvalue weighted by Crippen LogP contribution is 2.38. The van der Waals surface area contributed by atoms with E-state index >= 15 is 0 Å². The number of thiazole rings is 1. The number of carbonyl (C=O) groups is 2. The van der Waals surface area contributed by atoms with Gasteiger partial charge in [-0.3, -0.25) is 9.59 Å². The Morgan fingerprint density at radius 1 is 1.22 bits per heavy atom. The predicted molar refractivity (Wildman–Crippen MR) is 145 cm³/mol. The first kappa shape index (κ1) is 28.5. The van der Waals surface area contributed by atoms with Crippen molar-refractivity contribution in [2.45, 2.75) is 79.5 Å². The lowest BCUT2D eigenvalue weighted by atomic mass is 9.78. The second kappa shape index (κ2) is 12.0. The van der Waals surface area contributed by atoms with Crippen molar-refractivity contribution in [3.05, 3.63) is 58.6 Å². The summed E-state index contributed by atoms with van der Waals surface area (Å²) in [5.41, 5.74) is 5.09. The molecule has 1 aliphatic rings. The van der Waals surface area contributed by atoms with Gasteiger partial charge in [0.15, 0.2) is 0 Å². The maximum Gasteiger partial charge on any atom is 0.243 e. The molecule has 37 heavy (non-hydrogen) atoms. The number of aliphatic hydroxyl groups is 1. The first-order chi connectivity index (χ1) is 17.5. The van der Waals surface area contributed by atoms with E-state index in [9.17, 15) is 14.7 Å². The topological polar surface area (TPSA) is 109 Å². The highest BCUT2D eigenvalue weighted by atomic mass is 32.1. The molecule has 3 atom stereocenters. The van der Waals surface area contributed by atoms with Crippen LogP contribution in [0.3, 0.4) is 0 Å². The summed E-state index contributed by atoms with van der Waals surface area (Å²) < 4.78 is 5.44. The van der Waals surface area contributed by atoms with E-state index in [2.05, 4.69) is 15.5 Å². The molecule has 0 spiro atoms. The van der Waals surface area contributed by atoms with Crippen LogP contribution in [0.4, 0.5) is 0 Å². The molecule has 1 aromatic carbocycles. The minimum absolute atomic E-state index is 0.111. The van der Waals surface area contributed by atoms with E-state index in [1.807, 2.05) is 71.3 Å². The van der Waals surface area contributed by atoms with Crippen molar-refractivity contribution in [2.75, 3.05) is 6.54 Å². The van der Waals surface area contributed by atoms with E-state index in [0.717, 1.165) is 21.7 Å². The largest absolute Gasteiger partial charge is 0.391 e. The minimum Gasteiger partial charge on any atom is -0.391 e. The lowest BCUT2D eigenvalue weighted by Crippen LogP contribution is -2.49. The Morgan fingerprint density at radius 2 is 1.89 bits per heavy atom. The SMILES string of the molecule is CC.Cc1cc(C(C(=O)N2CC(O)CC2C(=O)NCc2ccc(-c3scnc3C)cc2)C(C)(C)C)on1. The summed E-state index contributed by atoms with van der Waals surface area (Å²) in [4.78, 5) is 33.7. The van der Waals surface area contributed by atoms with E-state index < -0.39 is 23.5 Å². The first-order valence-electron chi connectivity index (χ1n) is 12.7. The molecule has 4 rings (SSSR count). The van der Waals surface area contributed by atoms with Crippen LogP contribution in [0.15, 0.2) is 40.4 Å². The number of hydrogen-bond acceptors (Lipinski definition) is 7. The Kier molecular flexibility index (Phi) is 9.26. The first-order valence-corrected chi connectivity index (χ1v) is 13.6. The molecule has 2 aromatic heterocycles. The van der Waals surface area contributed by atoms with E-state index in [0.29, 0.717) is 18.0 Å². The van der Waals surface area contributed by atoms with Crippen LogP contribution >= 0.6 is 11.3 Å². The molecule has 3 heterocycles. The number of amides is 2. The van der Waals surface area contributed by atoms with Crippen molar-refractivity contribution in [1.29, 1.82) is 0 Å². The molecule has 0 bridgehead atoms. The lowest BCUT2D eigenvalue weighted by Gasteiger charge is -2.33. The summed E-state index contributed by atoms with van der Waals surface area (Å²) in [6.45, 7) is 14.1. The van der Waals surface area contributed by atoms with Crippen LogP contribution in [-0.4, -0.2) is 50.7 Å². The number of β-amino-alcohol motifs (C(OH)–C–C–N with tert-alkyl or cyclic N) is 1. The number of aromatic nitrogens is 2. The second-order valence-electron chi connectivity index (χ2n) is 10.2. The number of carbonyl (C=O) groups excluding carboxylic acids is 2. The number of hydrogen-bond donors (Lipinski definition) is 2. The van der Waals surface area contributed by atoms with E-state index in [1.54, 1.807) is 24.3 Å². The summed E-state index contributed by atoms with van der Waals surface area (Å²) in [5, 5.41) is 17.2. The second-order valence-corrected chi connectivity index (χ2v) is 11.1. The van der Waals surface area contributed by atoms with E-state index in [1.165, 1.54) is 4.90 Å². The van der Waals surface area contributed by atoms with Crippen LogP contribution in [0, 0.1) is 19.3 Å². The fourth-order valence-corrected chi connectivity index (χ4v) is 5.38. The summed E-state index contributed by atoms with van der Waals surface area (Å²) in [7, 11) is 0. The number of rotatable bonds is 6. The number of likely N-dealkylation sites (tertiary alicyclic amines) is 1. The van der Waals surface area contributed by atoms with Gasteiger partial charge < -0.3 is 19.8 Å². The summed E-state index contributed by atoms with van der Waals surface area (Å²) in [5.74, 6) is -0.669. The Labute approximate surface area is 223 Å². The fraction of sp³-hybridized carbons (Fsp3) is 0.500. The monoisotopic (exact) mass is 526 g/mol. The van der Waals surface area contributed by atoms with Crippen LogP contribution in [0.25, 0.3) is 10.4 Å². The number of nitrogens with one attached hydrogen (secondary N) is 1. The Balaban J connectivity index is 0.00000186. The smallest absolute Gasteiger partial charge is 0.243 e. The molecule has 9 heteroatoms. The lowest BCUT2D eigenvalue weighted by molar-refractivity contribution is -0.142. The minimum atomic E-state index is -0.756. The molecule has 1 fully saturated rings. The Hall–Kier alpha value is -3.04. The van der Waals surface area contributed by atoms with Gasteiger partial charge in [-0.15, -0.1) is 11.3 Å². The van der Waals surface area contributed by atoms with Gasteiger partial charge in [0.25, 0.3) is 0 Å². The van der Waals surface area contributed by atoms with Crippen molar-refractivity contribution in [1.82, 2.24) is 20.4 Å². The number of nitrogens with zero attached hydrogens (tertiary/aromatic N) is 3. The average molecular weight is 527 g/mol. The summed E-state index contributed by atoms with van der Waals surface area (Å²) in [6, 6.07) is 9.00. The van der Waals surface area contributed by atoms with Crippen LogP contribution < -0.4 is 5.32 Å². The average Bonchev–Trinajstić information content (AvgIpc) is 3.58. The molecule has 2 N–H and O–H groups in total. The number of aliphatic hydroxyl groups excluding tert-OH is 1. The van der Waals surface area contributed by atoms with Crippen molar-refractivity contribution in [3.8, 4) is 10.4 Å². The number of aryl methyl sites for hydroxylation is 2. The maximum absolute atomic E-state index is 13.7. The predicted octanol–water partition coefficient (Wildman–Crippen LogP) is 4.85. The third kappa shape index (κ3) is 6.64. The molecule has 0 aliphatic carbocycles. The zero-order valence-electron chi connectivity index (χ0n) is 22.7. The van der Waals surface area contributed by atoms with Crippen molar-refractivity contribution < 1.29 is 19.2 Å². The zero-order valence-corrected chi connectivity index (χ0v) is 23.6. The molecule has 1 aliphatic heterocycles. The highest BCUT2D eigenvalue weighted by Gasteiger charge is 2.45. The molecule has 1 saturated heterocycles. The maximum atomic E-state index is 13.7. The van der Waals surface area contributed by atoms with Crippen LogP contribution in [0.2, 0.25) is 0 Å². The molecule has 200 valence electrons. The standard InChI is InChI=1S/C26H32N4O4S.C2H6/c1-15-10-21(34-29-15)22(26(3,4)5)25(33)30-13-19(31)11-20(30)24(32)27-12-17-6-8-18(9-7-17)23-16(2)28-14-35-23;1-2/h6-10,14,19-20,22,31H,11-13H2,1-5H3,(H,27,32);1-2H3. The van der Waals surface area contributed by atoms with Gasteiger partial charge in [0.05, 0.1) is 27.9 Å². The normalized spacial score (nSPS) is 18.2. The van der Waals surface area contributed by atoms with Gasteiger partial charge >= 0.3 is 0 Å². The molecular weight excluding hydrogens is 488 g/mol. The molecular formula is C28H38N4O4S. The van der Waals surface area contributed by atoms with Gasteiger partial charge in [0, 0.05) is 25.6 Å². The van der Waals surface area contributed by atoms with Crippen molar-refractivity contribution >= 4 is 23.2 Å². The van der Waals surface area contributed by atoms with Crippen molar-refractivity contribution in [2.24, 2.45) is 5.41 Å². The number of benzene rings is 1. The molecule has 0 saturated carbocycles. The van der Waals surface area contributed by atoms with Gasteiger partial charge in [-0.25, -0.2) is 4.98 Å². The Morgan fingerprint density at radius 3 is 2.43 bits per heavy atom. The van der Waals surface area contributed by atoms with Gasteiger partial charge in [0.1, 0.15) is 17.7 Å². The van der Waals surface area contributed by atoms with Gasteiger partial charge in [0.2, 0.25) is 11.8 Å². The van der Waals surface area contributed by atoms with Crippen LogP contribution in [0.5, 0.6) is 0 Å². The van der Waals surface area contributed by atoms with Crippen molar-refractivity contribution in [3.63, 3.8) is 0 Å². The fourth-order valence-electron chi connectivity index (χ4n) is 4.57.